The second kappa shape index (κ2) is 6.27. The second-order valence-electron chi connectivity index (χ2n) is 5.13. The monoisotopic (exact) mass is 309 g/mol. The summed E-state index contributed by atoms with van der Waals surface area (Å²) in [6.07, 6.45) is 0. The van der Waals surface area contributed by atoms with Gasteiger partial charge in [0.1, 0.15) is 16.7 Å². The zero-order valence-corrected chi connectivity index (χ0v) is 13.2. The highest BCUT2D eigenvalue weighted by atomic mass is 32.2. The maximum absolute atomic E-state index is 11.7. The maximum Gasteiger partial charge on any atom is 0.344 e. The van der Waals surface area contributed by atoms with Crippen LogP contribution in [0.15, 0.2) is 21.0 Å². The predicted molar refractivity (Wildman–Crippen MR) is 81.3 cm³/mol. The molecule has 4 N–H and O–H groups in total. The van der Waals surface area contributed by atoms with Crippen molar-refractivity contribution in [3.05, 3.63) is 22.4 Å². The van der Waals surface area contributed by atoms with Crippen LogP contribution < -0.4 is 17.0 Å². The number of H-pyrrole nitrogens is 1. The number of hydrazine groups is 1. The number of nitrogens with one attached hydrogen (secondary N) is 2. The van der Waals surface area contributed by atoms with Gasteiger partial charge in [-0.3, -0.25) is 4.57 Å². The number of rotatable bonds is 5. The van der Waals surface area contributed by atoms with Crippen molar-refractivity contribution in [1.29, 1.82) is 0 Å². The van der Waals surface area contributed by atoms with E-state index in [1.807, 2.05) is 27.7 Å². The van der Waals surface area contributed by atoms with E-state index in [1.54, 1.807) is 10.6 Å². The molecule has 0 spiro atoms. The van der Waals surface area contributed by atoms with Crippen LogP contribution in [0, 0.1) is 0 Å². The molecule has 0 saturated heterocycles. The first-order chi connectivity index (χ1) is 9.92. The van der Waals surface area contributed by atoms with Crippen molar-refractivity contribution < 1.29 is 0 Å². The van der Waals surface area contributed by atoms with E-state index in [0.29, 0.717) is 21.8 Å². The lowest BCUT2D eigenvalue weighted by molar-refractivity contribution is 0.533. The van der Waals surface area contributed by atoms with Gasteiger partial charge < -0.3 is 5.43 Å². The van der Waals surface area contributed by atoms with Gasteiger partial charge in [0.15, 0.2) is 5.16 Å². The molecule has 9 heteroatoms. The van der Waals surface area contributed by atoms with Crippen LogP contribution >= 0.6 is 11.8 Å². The molecule has 0 aliphatic rings. The molecule has 0 radical (unpaired) electrons. The van der Waals surface area contributed by atoms with Gasteiger partial charge in [0.25, 0.3) is 0 Å². The van der Waals surface area contributed by atoms with Crippen LogP contribution in [0.25, 0.3) is 0 Å². The summed E-state index contributed by atoms with van der Waals surface area (Å²) in [5, 5.41) is 7.74. The topological polar surface area (TPSA) is 115 Å². The van der Waals surface area contributed by atoms with Crippen molar-refractivity contribution in [2.24, 2.45) is 5.84 Å². The van der Waals surface area contributed by atoms with E-state index >= 15 is 0 Å². The molecule has 0 bridgehead atoms. The van der Waals surface area contributed by atoms with E-state index in [4.69, 9.17) is 5.84 Å². The van der Waals surface area contributed by atoms with E-state index in [2.05, 4.69) is 25.6 Å². The molecular weight excluding hydrogens is 290 g/mol. The highest BCUT2D eigenvalue weighted by Crippen LogP contribution is 2.27. The average Bonchev–Trinajstić information content (AvgIpc) is 2.79. The number of nitrogens with two attached hydrogens (primary N) is 1. The minimum absolute atomic E-state index is 0.0114. The SMILES string of the molecule is CC(C)c1nc(NN)cc(Sc2n[nH]c(=O)n2C(C)C)n1. The number of hydrogen-bond acceptors (Lipinski definition) is 7. The lowest BCUT2D eigenvalue weighted by atomic mass is 10.2. The van der Waals surface area contributed by atoms with Crippen LogP contribution in [-0.4, -0.2) is 24.7 Å². The zero-order chi connectivity index (χ0) is 15.6. The molecule has 0 fully saturated rings. The highest BCUT2D eigenvalue weighted by Gasteiger charge is 2.15. The Morgan fingerprint density at radius 3 is 2.62 bits per heavy atom. The Labute approximate surface area is 126 Å². The van der Waals surface area contributed by atoms with Gasteiger partial charge >= 0.3 is 5.69 Å². The van der Waals surface area contributed by atoms with Crippen LogP contribution in [0.2, 0.25) is 0 Å². The van der Waals surface area contributed by atoms with Gasteiger partial charge in [0.2, 0.25) is 0 Å². The third-order valence-electron chi connectivity index (χ3n) is 2.77. The van der Waals surface area contributed by atoms with Crippen molar-refractivity contribution in [1.82, 2.24) is 24.7 Å². The van der Waals surface area contributed by atoms with Gasteiger partial charge in [-0.25, -0.2) is 25.7 Å². The molecular formula is C12H19N7OS. The molecule has 21 heavy (non-hydrogen) atoms. The van der Waals surface area contributed by atoms with E-state index < -0.39 is 0 Å². The molecule has 2 heterocycles. The molecule has 0 aliphatic carbocycles. The second-order valence-corrected chi connectivity index (χ2v) is 6.11. The Hall–Kier alpha value is -1.87. The first-order valence-electron chi connectivity index (χ1n) is 6.62. The standard InChI is InChI=1S/C12H19N7OS/c1-6(2)10-14-8(16-13)5-9(15-10)21-12-18-17-11(20)19(12)7(3)4/h5-7H,13H2,1-4H3,(H,17,20)(H,14,15,16). The third kappa shape index (κ3) is 3.42. The summed E-state index contributed by atoms with van der Waals surface area (Å²) in [4.78, 5) is 20.5. The van der Waals surface area contributed by atoms with Gasteiger partial charge in [-0.2, -0.15) is 0 Å². The van der Waals surface area contributed by atoms with Crippen LogP contribution in [0.1, 0.15) is 45.5 Å². The minimum atomic E-state index is -0.234. The fourth-order valence-corrected chi connectivity index (χ4v) is 2.72. The van der Waals surface area contributed by atoms with Gasteiger partial charge in [-0.05, 0) is 25.6 Å². The number of hydrogen-bond donors (Lipinski definition) is 3. The third-order valence-corrected chi connectivity index (χ3v) is 3.66. The molecule has 0 amide bonds. The fourth-order valence-electron chi connectivity index (χ4n) is 1.74. The zero-order valence-electron chi connectivity index (χ0n) is 12.4. The van der Waals surface area contributed by atoms with Crippen LogP contribution in [-0.2, 0) is 0 Å². The quantitative estimate of drug-likeness (QED) is 0.435. The van der Waals surface area contributed by atoms with Crippen molar-refractivity contribution in [3.8, 4) is 0 Å². The first kappa shape index (κ1) is 15.5. The van der Waals surface area contributed by atoms with E-state index in [-0.39, 0.29) is 17.6 Å². The van der Waals surface area contributed by atoms with E-state index in [1.165, 1.54) is 11.8 Å². The highest BCUT2D eigenvalue weighted by molar-refractivity contribution is 7.99. The molecule has 0 saturated carbocycles. The van der Waals surface area contributed by atoms with Crippen molar-refractivity contribution in [2.75, 3.05) is 5.43 Å². The van der Waals surface area contributed by atoms with Crippen LogP contribution in [0.3, 0.4) is 0 Å². The first-order valence-corrected chi connectivity index (χ1v) is 7.44. The smallest absolute Gasteiger partial charge is 0.308 e. The summed E-state index contributed by atoms with van der Waals surface area (Å²) in [6, 6.07) is 1.73. The summed E-state index contributed by atoms with van der Waals surface area (Å²) in [6.45, 7) is 7.85. The van der Waals surface area contributed by atoms with Gasteiger partial charge in [0.05, 0.1) is 0 Å². The summed E-state index contributed by atoms with van der Waals surface area (Å²) >= 11 is 1.30. The number of aromatic nitrogens is 5. The normalized spacial score (nSPS) is 11.4. The number of anilines is 1. The lowest BCUT2D eigenvalue weighted by Crippen LogP contribution is -2.19. The number of nitrogens with zero attached hydrogens (tertiary/aromatic N) is 4. The minimum Gasteiger partial charge on any atom is -0.308 e. The molecule has 0 unspecified atom stereocenters. The molecule has 2 aromatic rings. The number of aromatic amines is 1. The lowest BCUT2D eigenvalue weighted by Gasteiger charge is -2.11. The van der Waals surface area contributed by atoms with Gasteiger partial charge in [0, 0.05) is 18.0 Å². The van der Waals surface area contributed by atoms with Crippen molar-refractivity contribution in [3.63, 3.8) is 0 Å². The molecule has 0 aromatic carbocycles. The predicted octanol–water partition coefficient (Wildman–Crippen LogP) is 1.50. The summed E-state index contributed by atoms with van der Waals surface area (Å²) < 4.78 is 1.58. The Kier molecular flexibility index (Phi) is 4.63. The van der Waals surface area contributed by atoms with Crippen molar-refractivity contribution >= 4 is 17.6 Å². The van der Waals surface area contributed by atoms with Gasteiger partial charge in [-0.1, -0.05) is 13.8 Å². The molecule has 114 valence electrons. The van der Waals surface area contributed by atoms with E-state index in [0.717, 1.165) is 0 Å². The molecule has 2 rings (SSSR count). The van der Waals surface area contributed by atoms with Crippen LogP contribution in [0.4, 0.5) is 5.82 Å². The summed E-state index contributed by atoms with van der Waals surface area (Å²) in [5.41, 5.74) is 2.30. The Bertz CT molecular complexity index is 676. The van der Waals surface area contributed by atoms with Crippen molar-refractivity contribution in [2.45, 2.75) is 49.8 Å². The maximum atomic E-state index is 11.7. The Balaban J connectivity index is 2.40. The fraction of sp³-hybridized carbons (Fsp3) is 0.500. The summed E-state index contributed by atoms with van der Waals surface area (Å²) in [7, 11) is 0. The molecule has 8 nitrogen and oxygen atoms in total. The molecule has 0 atom stereocenters. The largest absolute Gasteiger partial charge is 0.344 e. The van der Waals surface area contributed by atoms with Gasteiger partial charge in [-0.15, -0.1) is 5.10 Å². The van der Waals surface area contributed by atoms with E-state index in [9.17, 15) is 4.79 Å². The molecule has 2 aromatic heterocycles. The Morgan fingerprint density at radius 2 is 2.05 bits per heavy atom. The average molecular weight is 309 g/mol. The van der Waals surface area contributed by atoms with Crippen LogP contribution in [0.5, 0.6) is 0 Å². The summed E-state index contributed by atoms with van der Waals surface area (Å²) in [5.74, 6) is 6.82. The number of nitrogen functional groups attached to an aromatic ring is 1. The Morgan fingerprint density at radius 1 is 1.33 bits per heavy atom. The molecule has 0 aliphatic heterocycles.